The van der Waals surface area contributed by atoms with E-state index in [1.54, 1.807) is 47.1 Å². The third kappa shape index (κ3) is 3.26. The fourth-order valence-corrected chi connectivity index (χ4v) is 3.92. The lowest BCUT2D eigenvalue weighted by molar-refractivity contribution is 0.0767. The van der Waals surface area contributed by atoms with Crippen LogP contribution in [-0.4, -0.2) is 58.3 Å². The standard InChI is InChI=1S/C15H18N4O3S/c1-12-5-7-18(9-10-23(12,21)22)15(20)13-3-2-4-14(11-13)19-8-6-16-17-19/h2-4,6,8,11-12H,5,7,9-10H2,1H3/t12-/m0/s1. The van der Waals surface area contributed by atoms with Crippen molar-refractivity contribution in [3.8, 4) is 5.69 Å². The van der Waals surface area contributed by atoms with Crippen LogP contribution in [0.5, 0.6) is 0 Å². The Kier molecular flexibility index (Phi) is 4.16. The van der Waals surface area contributed by atoms with E-state index in [9.17, 15) is 13.2 Å². The quantitative estimate of drug-likeness (QED) is 0.815. The van der Waals surface area contributed by atoms with Gasteiger partial charge in [-0.05, 0) is 31.5 Å². The highest BCUT2D eigenvalue weighted by Crippen LogP contribution is 2.17. The molecule has 0 radical (unpaired) electrons. The lowest BCUT2D eigenvalue weighted by Crippen LogP contribution is -2.33. The Labute approximate surface area is 134 Å². The number of benzene rings is 1. The summed E-state index contributed by atoms with van der Waals surface area (Å²) in [5, 5.41) is 7.26. The fourth-order valence-electron chi connectivity index (χ4n) is 2.58. The first-order valence-corrected chi connectivity index (χ1v) is 9.16. The molecule has 2 aromatic rings. The average Bonchev–Trinajstić information content (AvgIpc) is 3.04. The van der Waals surface area contributed by atoms with Crippen molar-refractivity contribution in [3.63, 3.8) is 0 Å². The molecule has 0 unspecified atom stereocenters. The summed E-state index contributed by atoms with van der Waals surface area (Å²) in [6, 6.07) is 7.08. The summed E-state index contributed by atoms with van der Waals surface area (Å²) < 4.78 is 25.5. The van der Waals surface area contributed by atoms with Crippen LogP contribution in [0.25, 0.3) is 5.69 Å². The summed E-state index contributed by atoms with van der Waals surface area (Å²) in [5.74, 6) is -0.140. The van der Waals surface area contributed by atoms with Gasteiger partial charge in [0.25, 0.3) is 5.91 Å². The van der Waals surface area contributed by atoms with Crippen molar-refractivity contribution in [2.24, 2.45) is 0 Å². The Morgan fingerprint density at radius 3 is 2.87 bits per heavy atom. The lowest BCUT2D eigenvalue weighted by atomic mass is 10.1. The molecule has 3 rings (SSSR count). The molecule has 1 aliphatic heterocycles. The van der Waals surface area contributed by atoms with Gasteiger partial charge in [-0.3, -0.25) is 4.79 Å². The third-order valence-corrected chi connectivity index (χ3v) is 6.35. The Hall–Kier alpha value is -2.22. The molecule has 0 aliphatic carbocycles. The molecule has 7 nitrogen and oxygen atoms in total. The number of hydrogen-bond acceptors (Lipinski definition) is 5. The van der Waals surface area contributed by atoms with Gasteiger partial charge in [-0.15, -0.1) is 5.10 Å². The van der Waals surface area contributed by atoms with Gasteiger partial charge < -0.3 is 4.90 Å². The molecule has 1 fully saturated rings. The Balaban J connectivity index is 1.82. The van der Waals surface area contributed by atoms with Crippen LogP contribution < -0.4 is 0 Å². The van der Waals surface area contributed by atoms with Crippen molar-refractivity contribution in [2.45, 2.75) is 18.6 Å². The highest BCUT2D eigenvalue weighted by Gasteiger charge is 2.28. The first-order chi connectivity index (χ1) is 11.0. The Bertz CT molecular complexity index is 802. The fraction of sp³-hybridized carbons (Fsp3) is 0.400. The maximum Gasteiger partial charge on any atom is 0.253 e. The van der Waals surface area contributed by atoms with Gasteiger partial charge in [0.2, 0.25) is 0 Å². The molecular weight excluding hydrogens is 316 g/mol. The second kappa shape index (κ2) is 6.11. The number of sulfone groups is 1. The number of rotatable bonds is 2. The van der Waals surface area contributed by atoms with Gasteiger partial charge in [-0.1, -0.05) is 11.3 Å². The van der Waals surface area contributed by atoms with E-state index in [0.29, 0.717) is 18.5 Å². The molecule has 1 saturated heterocycles. The van der Waals surface area contributed by atoms with Gasteiger partial charge >= 0.3 is 0 Å². The maximum atomic E-state index is 12.7. The summed E-state index contributed by atoms with van der Waals surface area (Å²) in [6.45, 7) is 2.39. The van der Waals surface area contributed by atoms with Crippen LogP contribution in [0.15, 0.2) is 36.7 Å². The van der Waals surface area contributed by atoms with Gasteiger partial charge in [0.1, 0.15) is 0 Å². The zero-order chi connectivity index (χ0) is 16.4. The van der Waals surface area contributed by atoms with E-state index in [1.165, 1.54) is 0 Å². The van der Waals surface area contributed by atoms with E-state index < -0.39 is 15.1 Å². The summed E-state index contributed by atoms with van der Waals surface area (Å²) >= 11 is 0. The summed E-state index contributed by atoms with van der Waals surface area (Å²) in [4.78, 5) is 14.3. The number of hydrogen-bond donors (Lipinski definition) is 0. The molecular formula is C15H18N4O3S. The third-order valence-electron chi connectivity index (χ3n) is 4.13. The SMILES string of the molecule is C[C@H]1CCN(C(=O)c2cccc(-n3ccnn3)c2)CCS1(=O)=O. The Morgan fingerprint density at radius 2 is 2.13 bits per heavy atom. The number of nitrogens with zero attached hydrogens (tertiary/aromatic N) is 4. The minimum Gasteiger partial charge on any atom is -0.338 e. The average molecular weight is 334 g/mol. The molecule has 0 N–H and O–H groups in total. The predicted octanol–water partition coefficient (Wildman–Crippen LogP) is 0.917. The van der Waals surface area contributed by atoms with E-state index >= 15 is 0 Å². The second-order valence-corrected chi connectivity index (χ2v) is 8.20. The molecule has 1 aromatic carbocycles. The number of carbonyl (C=O) groups is 1. The summed E-state index contributed by atoms with van der Waals surface area (Å²) in [6.07, 6.45) is 3.73. The molecule has 0 spiro atoms. The maximum absolute atomic E-state index is 12.7. The molecule has 1 atom stereocenters. The van der Waals surface area contributed by atoms with Gasteiger partial charge in [-0.2, -0.15) is 0 Å². The van der Waals surface area contributed by atoms with Crippen LogP contribution in [0.3, 0.4) is 0 Å². The lowest BCUT2D eigenvalue weighted by Gasteiger charge is -2.20. The molecule has 0 bridgehead atoms. The largest absolute Gasteiger partial charge is 0.338 e. The van der Waals surface area contributed by atoms with Crippen molar-refractivity contribution in [3.05, 3.63) is 42.2 Å². The van der Waals surface area contributed by atoms with Crippen molar-refractivity contribution < 1.29 is 13.2 Å². The monoisotopic (exact) mass is 334 g/mol. The van der Waals surface area contributed by atoms with E-state index in [-0.39, 0.29) is 18.2 Å². The van der Waals surface area contributed by atoms with Crippen LogP contribution in [0, 0.1) is 0 Å². The molecule has 0 saturated carbocycles. The van der Waals surface area contributed by atoms with Crippen molar-refractivity contribution in [1.82, 2.24) is 19.9 Å². The number of amides is 1. The summed E-state index contributed by atoms with van der Waals surface area (Å²) in [5.41, 5.74) is 1.26. The zero-order valence-corrected chi connectivity index (χ0v) is 13.6. The molecule has 8 heteroatoms. The van der Waals surface area contributed by atoms with Gasteiger partial charge in [0, 0.05) is 18.7 Å². The normalized spacial score (nSPS) is 20.9. The molecule has 23 heavy (non-hydrogen) atoms. The van der Waals surface area contributed by atoms with Gasteiger partial charge in [0.15, 0.2) is 9.84 Å². The van der Waals surface area contributed by atoms with E-state index in [4.69, 9.17) is 0 Å². The second-order valence-electron chi connectivity index (χ2n) is 5.66. The highest BCUT2D eigenvalue weighted by molar-refractivity contribution is 7.92. The van der Waals surface area contributed by atoms with E-state index in [1.807, 2.05) is 6.07 Å². The van der Waals surface area contributed by atoms with Crippen LogP contribution in [0.1, 0.15) is 23.7 Å². The summed E-state index contributed by atoms with van der Waals surface area (Å²) in [7, 11) is -3.11. The molecule has 1 aliphatic rings. The van der Waals surface area contributed by atoms with Crippen LogP contribution >= 0.6 is 0 Å². The molecule has 1 amide bonds. The number of aromatic nitrogens is 3. The van der Waals surface area contributed by atoms with Crippen LogP contribution in [0.4, 0.5) is 0 Å². The zero-order valence-electron chi connectivity index (χ0n) is 12.8. The van der Waals surface area contributed by atoms with Crippen molar-refractivity contribution in [1.29, 1.82) is 0 Å². The number of carbonyl (C=O) groups excluding carboxylic acids is 1. The first-order valence-electron chi connectivity index (χ1n) is 7.45. The minimum atomic E-state index is -3.11. The molecule has 122 valence electrons. The predicted molar refractivity (Wildman–Crippen MR) is 85.1 cm³/mol. The van der Waals surface area contributed by atoms with Crippen LogP contribution in [-0.2, 0) is 9.84 Å². The van der Waals surface area contributed by atoms with Gasteiger partial charge in [0.05, 0.1) is 29.1 Å². The minimum absolute atomic E-state index is 0.0165. The van der Waals surface area contributed by atoms with Crippen LogP contribution in [0.2, 0.25) is 0 Å². The topological polar surface area (TPSA) is 85.2 Å². The van der Waals surface area contributed by atoms with Crippen molar-refractivity contribution >= 4 is 15.7 Å². The van der Waals surface area contributed by atoms with E-state index in [0.717, 1.165) is 5.69 Å². The Morgan fingerprint density at radius 1 is 1.30 bits per heavy atom. The van der Waals surface area contributed by atoms with E-state index in [2.05, 4.69) is 10.3 Å². The molecule has 2 heterocycles. The van der Waals surface area contributed by atoms with Gasteiger partial charge in [-0.25, -0.2) is 13.1 Å². The smallest absolute Gasteiger partial charge is 0.253 e. The highest BCUT2D eigenvalue weighted by atomic mass is 32.2. The van der Waals surface area contributed by atoms with Crippen molar-refractivity contribution in [2.75, 3.05) is 18.8 Å². The first kappa shape index (κ1) is 15.7. The molecule has 1 aromatic heterocycles.